The van der Waals surface area contributed by atoms with Crippen molar-refractivity contribution >= 4 is 5.69 Å². The summed E-state index contributed by atoms with van der Waals surface area (Å²) < 4.78 is 1.72. The first-order valence-electron chi connectivity index (χ1n) is 3.75. The maximum Gasteiger partial charge on any atom is 0.250 e. The van der Waals surface area contributed by atoms with E-state index in [9.17, 15) is 4.79 Å². The van der Waals surface area contributed by atoms with Crippen molar-refractivity contribution in [2.24, 2.45) is 0 Å². The minimum absolute atomic E-state index is 0.0571. The van der Waals surface area contributed by atoms with Crippen LogP contribution in [-0.4, -0.2) is 4.57 Å². The lowest BCUT2D eigenvalue weighted by Gasteiger charge is -2.02. The quantitative estimate of drug-likeness (QED) is 0.642. The highest BCUT2D eigenvalue weighted by Gasteiger charge is 2.23. The Kier molecular flexibility index (Phi) is 1.24. The number of hydrogen-bond donors (Lipinski definition) is 1. The average Bonchev–Trinajstić information content (AvgIpc) is 2.76. The van der Waals surface area contributed by atoms with Gasteiger partial charge >= 0.3 is 0 Å². The molecule has 3 nitrogen and oxygen atoms in total. The number of anilines is 1. The minimum Gasteiger partial charge on any atom is -0.398 e. The Morgan fingerprint density at radius 1 is 1.45 bits per heavy atom. The number of nitrogens with two attached hydrogens (primary N) is 1. The highest BCUT2D eigenvalue weighted by molar-refractivity contribution is 5.33. The molecule has 0 unspecified atom stereocenters. The van der Waals surface area contributed by atoms with Crippen molar-refractivity contribution in [2.75, 3.05) is 5.73 Å². The zero-order chi connectivity index (χ0) is 7.84. The third-order valence-electron chi connectivity index (χ3n) is 1.90. The fraction of sp³-hybridized carbons (Fsp3) is 0.375. The SMILES string of the molecule is Nc1ccc(=O)n(C2CC2)c1. The molecule has 3 heteroatoms. The fourth-order valence-corrected chi connectivity index (χ4v) is 1.16. The van der Waals surface area contributed by atoms with Crippen LogP contribution in [-0.2, 0) is 0 Å². The molecular weight excluding hydrogens is 140 g/mol. The van der Waals surface area contributed by atoms with Gasteiger partial charge in [0.05, 0.1) is 0 Å². The van der Waals surface area contributed by atoms with E-state index in [-0.39, 0.29) is 5.56 Å². The molecule has 58 valence electrons. The topological polar surface area (TPSA) is 48.0 Å². The van der Waals surface area contributed by atoms with Crippen molar-refractivity contribution < 1.29 is 0 Å². The van der Waals surface area contributed by atoms with Crippen molar-refractivity contribution in [1.29, 1.82) is 0 Å². The van der Waals surface area contributed by atoms with Crippen LogP contribution >= 0.6 is 0 Å². The summed E-state index contributed by atoms with van der Waals surface area (Å²) in [6, 6.07) is 3.58. The molecule has 11 heavy (non-hydrogen) atoms. The molecule has 1 heterocycles. The smallest absolute Gasteiger partial charge is 0.250 e. The van der Waals surface area contributed by atoms with E-state index in [0.29, 0.717) is 11.7 Å². The zero-order valence-corrected chi connectivity index (χ0v) is 6.16. The van der Waals surface area contributed by atoms with E-state index < -0.39 is 0 Å². The largest absolute Gasteiger partial charge is 0.398 e. The first-order chi connectivity index (χ1) is 5.27. The Labute approximate surface area is 64.5 Å². The molecule has 1 aliphatic rings. The zero-order valence-electron chi connectivity index (χ0n) is 6.16. The van der Waals surface area contributed by atoms with Gasteiger partial charge in [0.25, 0.3) is 5.56 Å². The lowest BCUT2D eigenvalue weighted by atomic mass is 10.4. The lowest BCUT2D eigenvalue weighted by Crippen LogP contribution is -2.17. The summed E-state index contributed by atoms with van der Waals surface area (Å²) in [4.78, 5) is 11.2. The van der Waals surface area contributed by atoms with Gasteiger partial charge in [0, 0.05) is 24.0 Å². The van der Waals surface area contributed by atoms with Crippen molar-refractivity contribution in [1.82, 2.24) is 4.57 Å². The van der Waals surface area contributed by atoms with Crippen LogP contribution in [0.3, 0.4) is 0 Å². The van der Waals surface area contributed by atoms with E-state index in [1.807, 2.05) is 0 Å². The summed E-state index contributed by atoms with van der Waals surface area (Å²) in [5.74, 6) is 0. The van der Waals surface area contributed by atoms with Gasteiger partial charge in [-0.25, -0.2) is 0 Å². The van der Waals surface area contributed by atoms with Crippen LogP contribution in [0.1, 0.15) is 18.9 Å². The molecule has 0 aromatic carbocycles. The minimum atomic E-state index is 0.0571. The maximum atomic E-state index is 11.2. The average molecular weight is 150 g/mol. The van der Waals surface area contributed by atoms with E-state index in [0.717, 1.165) is 12.8 Å². The Balaban J connectivity index is 2.51. The van der Waals surface area contributed by atoms with Crippen LogP contribution in [0.15, 0.2) is 23.1 Å². The van der Waals surface area contributed by atoms with Crippen LogP contribution < -0.4 is 11.3 Å². The summed E-state index contributed by atoms with van der Waals surface area (Å²) in [5.41, 5.74) is 6.25. The molecule has 0 aliphatic heterocycles. The third-order valence-corrected chi connectivity index (χ3v) is 1.90. The molecule has 0 amide bonds. The highest BCUT2D eigenvalue weighted by Crippen LogP contribution is 2.33. The van der Waals surface area contributed by atoms with Crippen LogP contribution in [0.5, 0.6) is 0 Å². The van der Waals surface area contributed by atoms with Gasteiger partial charge < -0.3 is 10.3 Å². The summed E-state index contributed by atoms with van der Waals surface area (Å²) >= 11 is 0. The molecule has 2 rings (SSSR count). The number of rotatable bonds is 1. The van der Waals surface area contributed by atoms with Gasteiger partial charge in [0.2, 0.25) is 0 Å². The van der Waals surface area contributed by atoms with Crippen LogP contribution in [0, 0.1) is 0 Å². The molecule has 1 aromatic heterocycles. The molecule has 0 atom stereocenters. The normalized spacial score (nSPS) is 16.7. The van der Waals surface area contributed by atoms with E-state index in [1.54, 1.807) is 16.8 Å². The van der Waals surface area contributed by atoms with Gasteiger partial charge in [-0.05, 0) is 18.9 Å². The van der Waals surface area contributed by atoms with Gasteiger partial charge in [-0.15, -0.1) is 0 Å². The molecule has 0 spiro atoms. The molecule has 1 aliphatic carbocycles. The second-order valence-corrected chi connectivity index (χ2v) is 2.94. The number of pyridine rings is 1. The Morgan fingerprint density at radius 2 is 2.18 bits per heavy atom. The van der Waals surface area contributed by atoms with E-state index in [2.05, 4.69) is 0 Å². The fourth-order valence-electron chi connectivity index (χ4n) is 1.16. The monoisotopic (exact) mass is 150 g/mol. The van der Waals surface area contributed by atoms with Crippen molar-refractivity contribution in [3.05, 3.63) is 28.7 Å². The van der Waals surface area contributed by atoms with E-state index in [4.69, 9.17) is 5.73 Å². The second-order valence-electron chi connectivity index (χ2n) is 2.94. The standard InChI is InChI=1S/C8H10N2O/c9-6-1-4-8(11)10(5-6)7-2-3-7/h1,4-5,7H,2-3,9H2. The highest BCUT2D eigenvalue weighted by atomic mass is 16.1. The molecule has 0 bridgehead atoms. The summed E-state index contributed by atoms with van der Waals surface area (Å²) in [7, 11) is 0. The van der Waals surface area contributed by atoms with Crippen LogP contribution in [0.4, 0.5) is 5.69 Å². The van der Waals surface area contributed by atoms with Gasteiger partial charge in [0.15, 0.2) is 0 Å². The van der Waals surface area contributed by atoms with Crippen LogP contribution in [0.2, 0.25) is 0 Å². The molecule has 1 saturated carbocycles. The van der Waals surface area contributed by atoms with Gasteiger partial charge in [-0.3, -0.25) is 4.79 Å². The molecule has 0 radical (unpaired) electrons. The number of aromatic nitrogens is 1. The van der Waals surface area contributed by atoms with E-state index in [1.165, 1.54) is 6.07 Å². The predicted molar refractivity (Wildman–Crippen MR) is 43.4 cm³/mol. The van der Waals surface area contributed by atoms with Gasteiger partial charge in [-0.1, -0.05) is 0 Å². The van der Waals surface area contributed by atoms with Gasteiger partial charge in [-0.2, -0.15) is 0 Å². The maximum absolute atomic E-state index is 11.2. The number of nitrogen functional groups attached to an aromatic ring is 1. The number of hydrogen-bond acceptors (Lipinski definition) is 2. The van der Waals surface area contributed by atoms with Crippen molar-refractivity contribution in [3.63, 3.8) is 0 Å². The van der Waals surface area contributed by atoms with Crippen LogP contribution in [0.25, 0.3) is 0 Å². The first kappa shape index (κ1) is 6.46. The second kappa shape index (κ2) is 2.12. The first-order valence-corrected chi connectivity index (χ1v) is 3.75. The van der Waals surface area contributed by atoms with Crippen molar-refractivity contribution in [2.45, 2.75) is 18.9 Å². The Hall–Kier alpha value is -1.25. The lowest BCUT2D eigenvalue weighted by molar-refractivity contribution is 0.709. The summed E-state index contributed by atoms with van der Waals surface area (Å²) in [6.07, 6.45) is 3.95. The summed E-state index contributed by atoms with van der Waals surface area (Å²) in [5, 5.41) is 0. The number of nitrogens with zero attached hydrogens (tertiary/aromatic N) is 1. The summed E-state index contributed by atoms with van der Waals surface area (Å²) in [6.45, 7) is 0. The molecule has 0 saturated heterocycles. The van der Waals surface area contributed by atoms with E-state index >= 15 is 0 Å². The Bertz CT molecular complexity index is 325. The molecule has 1 aromatic rings. The molecule has 2 N–H and O–H groups in total. The predicted octanol–water partition coefficient (Wildman–Crippen LogP) is 0.765. The Morgan fingerprint density at radius 3 is 2.82 bits per heavy atom. The van der Waals surface area contributed by atoms with Crippen molar-refractivity contribution in [3.8, 4) is 0 Å². The molecular formula is C8H10N2O. The molecule has 1 fully saturated rings. The van der Waals surface area contributed by atoms with Gasteiger partial charge in [0.1, 0.15) is 0 Å². The third kappa shape index (κ3) is 1.13.